The molecule has 0 heterocycles. The van der Waals surface area contributed by atoms with Crippen LogP contribution in [-0.4, -0.2) is 82.3 Å². The van der Waals surface area contributed by atoms with Crippen molar-refractivity contribution in [3.63, 3.8) is 0 Å². The number of quaternary nitrogens is 1. The van der Waals surface area contributed by atoms with E-state index in [0.29, 0.717) is 17.4 Å². The minimum atomic E-state index is -1.62. The van der Waals surface area contributed by atoms with Crippen LogP contribution in [0.1, 0.15) is 258 Å². The van der Waals surface area contributed by atoms with Gasteiger partial charge in [0.1, 0.15) is 13.2 Å². The van der Waals surface area contributed by atoms with Gasteiger partial charge in [0.05, 0.1) is 40.3 Å². The largest absolute Gasteiger partial charge is 0.545 e. The zero-order valence-electron chi connectivity index (χ0n) is 43.4. The number of carbonyl (C=O) groups excluding carboxylic acids is 3. The van der Waals surface area contributed by atoms with Crippen molar-refractivity contribution in [3.05, 3.63) is 24.3 Å². The second kappa shape index (κ2) is 48.2. The first-order valence-corrected chi connectivity index (χ1v) is 27.5. The lowest BCUT2D eigenvalue weighted by Crippen LogP contribution is -2.44. The van der Waals surface area contributed by atoms with Gasteiger partial charge in [0, 0.05) is 12.8 Å². The Kier molecular flexibility index (Phi) is 46.6. The van der Waals surface area contributed by atoms with Crippen molar-refractivity contribution >= 4 is 17.9 Å². The van der Waals surface area contributed by atoms with Gasteiger partial charge in [-0.05, 0) is 64.2 Å². The maximum Gasteiger partial charge on any atom is 0.306 e. The maximum absolute atomic E-state index is 12.8. The average Bonchev–Trinajstić information content (AvgIpc) is 3.27. The van der Waals surface area contributed by atoms with E-state index >= 15 is 0 Å². The normalized spacial score (nSPS) is 12.9. The van der Waals surface area contributed by atoms with E-state index in [2.05, 4.69) is 38.2 Å². The highest BCUT2D eigenvalue weighted by Crippen LogP contribution is 2.16. The standard InChI is InChI=1S/C56H105NO8/c1-6-8-10-12-14-16-18-20-21-22-23-24-25-26-27-28-29-30-31-32-33-35-37-39-41-43-45-47-54(59)65-52(51-64-56(55(60)61)62-49-48-57(3,4)5)50-63-53(58)46-44-42-40-38-36-34-19-17-15-13-11-9-7-2/h17,19,22-23,52,56H,6-16,18,20-21,24-51H2,1-5H3/b19-17-,23-22-. The van der Waals surface area contributed by atoms with Gasteiger partial charge >= 0.3 is 11.9 Å². The minimum absolute atomic E-state index is 0.148. The van der Waals surface area contributed by atoms with Crippen LogP contribution in [0.4, 0.5) is 0 Å². The van der Waals surface area contributed by atoms with E-state index in [9.17, 15) is 19.5 Å². The van der Waals surface area contributed by atoms with Crippen LogP contribution < -0.4 is 5.11 Å². The quantitative estimate of drug-likeness (QED) is 0.0195. The molecule has 65 heavy (non-hydrogen) atoms. The van der Waals surface area contributed by atoms with Crippen LogP contribution in [0.2, 0.25) is 0 Å². The van der Waals surface area contributed by atoms with Crippen molar-refractivity contribution in [2.75, 3.05) is 47.5 Å². The van der Waals surface area contributed by atoms with E-state index in [1.807, 2.05) is 21.1 Å². The van der Waals surface area contributed by atoms with Gasteiger partial charge in [0.25, 0.3) is 0 Å². The third-order valence-electron chi connectivity index (χ3n) is 12.2. The first kappa shape index (κ1) is 62.8. The van der Waals surface area contributed by atoms with Crippen molar-refractivity contribution < 1.29 is 42.9 Å². The van der Waals surface area contributed by atoms with Crippen molar-refractivity contribution in [2.24, 2.45) is 0 Å². The lowest BCUT2D eigenvalue weighted by atomic mass is 10.0. The van der Waals surface area contributed by atoms with Crippen molar-refractivity contribution in [1.82, 2.24) is 0 Å². The molecule has 0 aliphatic rings. The zero-order valence-corrected chi connectivity index (χ0v) is 43.4. The van der Waals surface area contributed by atoms with Gasteiger partial charge in [-0.25, -0.2) is 0 Å². The Hall–Kier alpha value is -2.23. The molecule has 382 valence electrons. The van der Waals surface area contributed by atoms with Crippen LogP contribution in [0.15, 0.2) is 24.3 Å². The van der Waals surface area contributed by atoms with Gasteiger partial charge in [0.2, 0.25) is 0 Å². The second-order valence-electron chi connectivity index (χ2n) is 19.9. The number of hydrogen-bond donors (Lipinski definition) is 0. The first-order chi connectivity index (χ1) is 31.6. The van der Waals surface area contributed by atoms with Crippen molar-refractivity contribution in [3.8, 4) is 0 Å². The summed E-state index contributed by atoms with van der Waals surface area (Å²) in [6.07, 6.45) is 52.3. The number of carboxylic acid groups (broad SMARTS) is 1. The number of carboxylic acids is 1. The lowest BCUT2D eigenvalue weighted by molar-refractivity contribution is -0.870. The molecule has 0 N–H and O–H groups in total. The molecule has 9 nitrogen and oxygen atoms in total. The molecule has 0 aliphatic heterocycles. The molecule has 0 aromatic heterocycles. The fourth-order valence-corrected chi connectivity index (χ4v) is 7.88. The molecule has 0 spiro atoms. The summed E-state index contributed by atoms with van der Waals surface area (Å²) in [7, 11) is 5.92. The minimum Gasteiger partial charge on any atom is -0.545 e. The fraction of sp³-hybridized carbons (Fsp3) is 0.875. The Morgan fingerprint density at radius 2 is 0.785 bits per heavy atom. The van der Waals surface area contributed by atoms with E-state index < -0.39 is 24.3 Å². The molecule has 0 aliphatic carbocycles. The van der Waals surface area contributed by atoms with Crippen LogP contribution in [0.3, 0.4) is 0 Å². The summed E-state index contributed by atoms with van der Waals surface area (Å²) in [4.78, 5) is 37.1. The first-order valence-electron chi connectivity index (χ1n) is 27.5. The molecule has 0 aromatic rings. The van der Waals surface area contributed by atoms with Gasteiger partial charge in [-0.2, -0.15) is 0 Å². The number of carbonyl (C=O) groups is 3. The van der Waals surface area contributed by atoms with Crippen LogP contribution in [0.25, 0.3) is 0 Å². The van der Waals surface area contributed by atoms with E-state index in [4.69, 9.17) is 18.9 Å². The van der Waals surface area contributed by atoms with E-state index in [-0.39, 0.29) is 38.6 Å². The summed E-state index contributed by atoms with van der Waals surface area (Å²) in [5.74, 6) is -2.28. The molecule has 0 saturated carbocycles. The molecule has 0 radical (unpaired) electrons. The predicted molar refractivity (Wildman–Crippen MR) is 270 cm³/mol. The molecule has 0 amide bonds. The molecule has 0 fully saturated rings. The van der Waals surface area contributed by atoms with Gasteiger partial charge in [-0.1, -0.05) is 205 Å². The fourth-order valence-electron chi connectivity index (χ4n) is 7.88. The molecular formula is C56H105NO8. The number of aliphatic carboxylic acids is 1. The number of allylic oxidation sites excluding steroid dienone is 4. The monoisotopic (exact) mass is 920 g/mol. The molecule has 0 saturated heterocycles. The third kappa shape index (κ3) is 49.5. The Labute approximate surface area is 401 Å². The third-order valence-corrected chi connectivity index (χ3v) is 12.2. The number of likely N-dealkylation sites (N-methyl/N-ethyl adjacent to an activating group) is 1. The predicted octanol–water partition coefficient (Wildman–Crippen LogP) is 14.2. The number of unbranched alkanes of at least 4 members (excludes halogenated alkanes) is 32. The molecular weight excluding hydrogens is 815 g/mol. The summed E-state index contributed by atoms with van der Waals surface area (Å²) in [5, 5.41) is 11.7. The van der Waals surface area contributed by atoms with Gasteiger partial charge in [-0.15, -0.1) is 0 Å². The Morgan fingerprint density at radius 1 is 0.446 bits per heavy atom. The smallest absolute Gasteiger partial charge is 0.306 e. The number of nitrogens with zero attached hydrogens (tertiary/aromatic N) is 1. The van der Waals surface area contributed by atoms with Crippen LogP contribution in [0, 0.1) is 0 Å². The maximum atomic E-state index is 12.8. The second-order valence-corrected chi connectivity index (χ2v) is 19.9. The Balaban J connectivity index is 4.17. The molecule has 0 rings (SSSR count). The van der Waals surface area contributed by atoms with Crippen LogP contribution in [0.5, 0.6) is 0 Å². The summed E-state index contributed by atoms with van der Waals surface area (Å²) >= 11 is 0. The number of hydrogen-bond acceptors (Lipinski definition) is 8. The highest BCUT2D eigenvalue weighted by molar-refractivity contribution is 5.70. The molecule has 2 atom stereocenters. The van der Waals surface area contributed by atoms with Crippen molar-refractivity contribution in [2.45, 2.75) is 270 Å². The summed E-state index contributed by atoms with van der Waals surface area (Å²) in [5.41, 5.74) is 0. The van der Waals surface area contributed by atoms with Crippen LogP contribution >= 0.6 is 0 Å². The number of esters is 2. The van der Waals surface area contributed by atoms with E-state index in [1.54, 1.807) is 0 Å². The lowest BCUT2D eigenvalue weighted by Gasteiger charge is -2.26. The van der Waals surface area contributed by atoms with Gasteiger partial charge < -0.3 is 33.3 Å². The number of rotatable bonds is 51. The zero-order chi connectivity index (χ0) is 47.7. The van der Waals surface area contributed by atoms with Gasteiger partial charge in [0.15, 0.2) is 12.4 Å². The van der Waals surface area contributed by atoms with E-state index in [0.717, 1.165) is 51.4 Å². The summed E-state index contributed by atoms with van der Waals surface area (Å²) in [6.45, 7) is 4.75. The topological polar surface area (TPSA) is 111 Å². The molecule has 2 unspecified atom stereocenters. The highest BCUT2D eigenvalue weighted by Gasteiger charge is 2.22. The van der Waals surface area contributed by atoms with Gasteiger partial charge in [-0.3, -0.25) is 9.59 Å². The van der Waals surface area contributed by atoms with Crippen molar-refractivity contribution in [1.29, 1.82) is 0 Å². The highest BCUT2D eigenvalue weighted by atomic mass is 16.7. The Bertz CT molecular complexity index is 1120. The summed E-state index contributed by atoms with van der Waals surface area (Å²) < 4.78 is 22.6. The molecule has 0 bridgehead atoms. The van der Waals surface area contributed by atoms with E-state index in [1.165, 1.54) is 173 Å². The SMILES string of the molecule is CCCCCC/C=C\CCCCCCCC(=O)OCC(COC(OCC[N+](C)(C)C)C(=O)[O-])OC(=O)CCCCCCCCCCCCCCCCC/C=C\CCCCCCCCCC. The Morgan fingerprint density at radius 3 is 1.15 bits per heavy atom. The summed E-state index contributed by atoms with van der Waals surface area (Å²) in [6, 6.07) is 0. The average molecular weight is 920 g/mol. The van der Waals surface area contributed by atoms with Crippen LogP contribution in [-0.2, 0) is 33.3 Å². The number of ether oxygens (including phenoxy) is 4. The molecule has 0 aromatic carbocycles. The molecule has 9 heteroatoms.